The van der Waals surface area contributed by atoms with Crippen LogP contribution in [-0.2, 0) is 11.2 Å². The molecule has 3 aromatic rings. The average Bonchev–Trinajstić information content (AvgIpc) is 2.80. The quantitative estimate of drug-likeness (QED) is 0.379. The average molecular weight is 451 g/mol. The molecule has 3 aromatic carbocycles. The van der Waals surface area contributed by atoms with E-state index in [1.165, 1.54) is 12.1 Å². The highest BCUT2D eigenvalue weighted by atomic mass is 35.5. The lowest BCUT2D eigenvalue weighted by Crippen LogP contribution is -2.47. The number of rotatable bonds is 6. The van der Waals surface area contributed by atoms with Gasteiger partial charge in [0.1, 0.15) is 11.9 Å². The third kappa shape index (κ3) is 5.26. The van der Waals surface area contributed by atoms with Gasteiger partial charge in [0.05, 0.1) is 11.3 Å². The van der Waals surface area contributed by atoms with Crippen LogP contribution in [0.5, 0.6) is 5.75 Å². The van der Waals surface area contributed by atoms with E-state index in [2.05, 4.69) is 0 Å². The number of carbonyl (C=O) groups excluding carboxylic acids is 1. The molecule has 0 aliphatic carbocycles. The van der Waals surface area contributed by atoms with Crippen molar-refractivity contribution in [2.45, 2.75) is 24.9 Å². The lowest BCUT2D eigenvalue weighted by atomic mass is 9.87. The molecule has 0 radical (unpaired) electrons. The summed E-state index contributed by atoms with van der Waals surface area (Å²) in [5.74, 6) is 0.630. The Morgan fingerprint density at radius 1 is 1.06 bits per heavy atom. The van der Waals surface area contributed by atoms with E-state index in [0.717, 1.165) is 11.1 Å². The maximum atomic E-state index is 13.0. The number of benzene rings is 3. The Labute approximate surface area is 191 Å². The van der Waals surface area contributed by atoms with E-state index in [1.807, 2.05) is 53.4 Å². The van der Waals surface area contributed by atoms with Crippen molar-refractivity contribution in [3.63, 3.8) is 0 Å². The highest BCUT2D eigenvalue weighted by Crippen LogP contribution is 2.32. The van der Waals surface area contributed by atoms with E-state index in [4.69, 9.17) is 16.3 Å². The second-order valence-corrected chi connectivity index (χ2v) is 8.30. The first-order valence-corrected chi connectivity index (χ1v) is 10.9. The van der Waals surface area contributed by atoms with E-state index in [1.54, 1.807) is 18.2 Å². The monoisotopic (exact) mass is 450 g/mol. The topological polar surface area (TPSA) is 72.7 Å². The number of likely N-dealkylation sites (tertiary alicyclic amines) is 1. The zero-order chi connectivity index (χ0) is 22.5. The highest BCUT2D eigenvalue weighted by Gasteiger charge is 2.34. The number of nitrogens with zero attached hydrogens (tertiary/aromatic N) is 2. The summed E-state index contributed by atoms with van der Waals surface area (Å²) in [6, 6.07) is 23.5. The number of hydrogen-bond donors (Lipinski definition) is 0. The first kappa shape index (κ1) is 21.8. The predicted octanol–water partition coefficient (Wildman–Crippen LogP) is 5.25. The molecule has 0 aromatic heterocycles. The van der Waals surface area contributed by atoms with Crippen LogP contribution in [0, 0.1) is 10.1 Å². The number of piperidine rings is 1. The molecule has 0 bridgehead atoms. The minimum atomic E-state index is -0.430. The number of nitro groups is 1. The summed E-state index contributed by atoms with van der Waals surface area (Å²) in [5, 5.41) is 11.5. The predicted molar refractivity (Wildman–Crippen MR) is 123 cm³/mol. The van der Waals surface area contributed by atoms with Crippen molar-refractivity contribution in [1.82, 2.24) is 4.90 Å². The second kappa shape index (κ2) is 9.83. The fourth-order valence-corrected chi connectivity index (χ4v) is 4.29. The van der Waals surface area contributed by atoms with E-state index in [-0.39, 0.29) is 23.6 Å². The molecule has 4 rings (SSSR count). The molecular weight excluding hydrogens is 428 g/mol. The third-order valence-electron chi connectivity index (χ3n) is 5.71. The lowest BCUT2D eigenvalue weighted by molar-refractivity contribution is -0.384. The molecule has 1 aliphatic rings. The fourth-order valence-electron chi connectivity index (χ4n) is 4.07. The van der Waals surface area contributed by atoms with Gasteiger partial charge in [0.15, 0.2) is 0 Å². The molecule has 1 heterocycles. The van der Waals surface area contributed by atoms with Gasteiger partial charge in [-0.25, -0.2) is 0 Å². The standard InChI is InChI=1S/C25H23ClN2O4/c26-20-8-4-5-18(15-20)16-25(29)27-14-13-24(23(17-27)19-6-2-1-3-7-19)32-22-11-9-21(10-12-22)28(30)31/h1-12,15,23-24H,13-14,16-17H2/t23-,24-/m0/s1. The zero-order valence-electron chi connectivity index (χ0n) is 17.4. The van der Waals surface area contributed by atoms with Crippen molar-refractivity contribution < 1.29 is 14.5 Å². The Balaban J connectivity index is 1.50. The van der Waals surface area contributed by atoms with Crippen LogP contribution in [0.1, 0.15) is 23.5 Å². The maximum Gasteiger partial charge on any atom is 0.269 e. The summed E-state index contributed by atoms with van der Waals surface area (Å²) < 4.78 is 6.24. The second-order valence-electron chi connectivity index (χ2n) is 7.86. The summed E-state index contributed by atoms with van der Waals surface area (Å²) in [6.45, 7) is 1.13. The Kier molecular flexibility index (Phi) is 6.71. The molecular formula is C25H23ClN2O4. The molecule has 1 amide bonds. The van der Waals surface area contributed by atoms with Crippen molar-refractivity contribution in [2.75, 3.05) is 13.1 Å². The van der Waals surface area contributed by atoms with Crippen LogP contribution in [-0.4, -0.2) is 34.9 Å². The minimum Gasteiger partial charge on any atom is -0.490 e. The summed E-state index contributed by atoms with van der Waals surface area (Å²) in [6.07, 6.45) is 0.822. The molecule has 1 fully saturated rings. The smallest absolute Gasteiger partial charge is 0.269 e. The number of non-ortho nitro benzene ring substituents is 1. The van der Waals surface area contributed by atoms with Gasteiger partial charge < -0.3 is 9.64 Å². The minimum absolute atomic E-state index is 0.0107. The van der Waals surface area contributed by atoms with Crippen LogP contribution < -0.4 is 4.74 Å². The van der Waals surface area contributed by atoms with E-state index >= 15 is 0 Å². The Morgan fingerprint density at radius 3 is 2.50 bits per heavy atom. The Morgan fingerprint density at radius 2 is 1.81 bits per heavy atom. The van der Waals surface area contributed by atoms with Gasteiger partial charge in [0.2, 0.25) is 5.91 Å². The summed E-state index contributed by atoms with van der Waals surface area (Å²) in [4.78, 5) is 25.4. The summed E-state index contributed by atoms with van der Waals surface area (Å²) >= 11 is 6.06. The first-order valence-electron chi connectivity index (χ1n) is 10.5. The van der Waals surface area contributed by atoms with Gasteiger partial charge >= 0.3 is 0 Å². The lowest BCUT2D eigenvalue weighted by Gasteiger charge is -2.39. The molecule has 7 heteroatoms. The first-order chi connectivity index (χ1) is 15.5. The van der Waals surface area contributed by atoms with Crippen molar-refractivity contribution in [2.24, 2.45) is 0 Å². The van der Waals surface area contributed by atoms with Crippen molar-refractivity contribution in [3.8, 4) is 5.75 Å². The van der Waals surface area contributed by atoms with Crippen LogP contribution in [0.25, 0.3) is 0 Å². The van der Waals surface area contributed by atoms with Gasteiger partial charge in [-0.2, -0.15) is 0 Å². The molecule has 2 atom stereocenters. The van der Waals surface area contributed by atoms with Crippen LogP contribution in [0.3, 0.4) is 0 Å². The maximum absolute atomic E-state index is 13.0. The zero-order valence-corrected chi connectivity index (χ0v) is 18.1. The largest absolute Gasteiger partial charge is 0.490 e. The molecule has 164 valence electrons. The molecule has 1 saturated heterocycles. The van der Waals surface area contributed by atoms with Crippen LogP contribution in [0.15, 0.2) is 78.9 Å². The van der Waals surface area contributed by atoms with E-state index in [0.29, 0.717) is 36.7 Å². The van der Waals surface area contributed by atoms with Crippen molar-refractivity contribution in [3.05, 3.63) is 105 Å². The molecule has 32 heavy (non-hydrogen) atoms. The SMILES string of the molecule is O=C(Cc1cccc(Cl)c1)N1CC[C@H](Oc2ccc([N+](=O)[O-])cc2)[C@H](c2ccccc2)C1. The number of hydrogen-bond acceptors (Lipinski definition) is 4. The molecule has 0 spiro atoms. The fraction of sp³-hybridized carbons (Fsp3) is 0.240. The number of carbonyl (C=O) groups is 1. The van der Waals surface area contributed by atoms with Gasteiger partial charge in [-0.05, 0) is 35.4 Å². The van der Waals surface area contributed by atoms with Crippen LogP contribution >= 0.6 is 11.6 Å². The molecule has 0 unspecified atom stereocenters. The van der Waals surface area contributed by atoms with Crippen molar-refractivity contribution in [1.29, 1.82) is 0 Å². The third-order valence-corrected chi connectivity index (χ3v) is 5.94. The molecule has 0 saturated carbocycles. The van der Waals surface area contributed by atoms with Crippen LogP contribution in [0.4, 0.5) is 5.69 Å². The highest BCUT2D eigenvalue weighted by molar-refractivity contribution is 6.30. The van der Waals surface area contributed by atoms with E-state index < -0.39 is 4.92 Å². The van der Waals surface area contributed by atoms with Crippen molar-refractivity contribution >= 4 is 23.2 Å². The molecule has 0 N–H and O–H groups in total. The number of ether oxygens (including phenoxy) is 1. The number of amides is 1. The normalized spacial score (nSPS) is 18.2. The van der Waals surface area contributed by atoms with Gasteiger partial charge in [-0.15, -0.1) is 0 Å². The van der Waals surface area contributed by atoms with Gasteiger partial charge in [0.25, 0.3) is 5.69 Å². The Bertz CT molecular complexity index is 1090. The summed E-state index contributed by atoms with van der Waals surface area (Å²) in [7, 11) is 0. The van der Waals surface area contributed by atoms with Gasteiger partial charge in [-0.1, -0.05) is 54.1 Å². The molecule has 1 aliphatic heterocycles. The molecule has 6 nitrogen and oxygen atoms in total. The Hall–Kier alpha value is -3.38. The van der Waals surface area contributed by atoms with Crippen LogP contribution in [0.2, 0.25) is 5.02 Å². The summed E-state index contributed by atoms with van der Waals surface area (Å²) in [5.41, 5.74) is 2.01. The number of halogens is 1. The van der Waals surface area contributed by atoms with Gasteiger partial charge in [-0.3, -0.25) is 14.9 Å². The van der Waals surface area contributed by atoms with Gasteiger partial charge in [0, 0.05) is 42.6 Å². The van der Waals surface area contributed by atoms with E-state index in [9.17, 15) is 14.9 Å². The number of nitro benzene ring substituents is 1.